The molecule has 1 aliphatic heterocycles. The number of halogens is 1. The molecular weight excluding hydrogens is 367 g/mol. The summed E-state index contributed by atoms with van der Waals surface area (Å²) in [6, 6.07) is 16.0. The lowest BCUT2D eigenvalue weighted by Gasteiger charge is -2.31. The van der Waals surface area contributed by atoms with E-state index in [1.165, 1.54) is 12.1 Å². The van der Waals surface area contributed by atoms with Crippen molar-refractivity contribution in [2.24, 2.45) is 0 Å². The zero-order chi connectivity index (χ0) is 20.4. The third-order valence-corrected chi connectivity index (χ3v) is 5.12. The van der Waals surface area contributed by atoms with Crippen molar-refractivity contribution >= 4 is 11.7 Å². The van der Waals surface area contributed by atoms with Crippen molar-refractivity contribution in [3.63, 3.8) is 0 Å². The zero-order valence-electron chi connectivity index (χ0n) is 16.6. The van der Waals surface area contributed by atoms with Gasteiger partial charge < -0.3 is 9.80 Å². The molecule has 0 saturated heterocycles. The summed E-state index contributed by atoms with van der Waals surface area (Å²) >= 11 is 0. The van der Waals surface area contributed by atoms with Gasteiger partial charge >= 0.3 is 0 Å². The highest BCUT2D eigenvalue weighted by Gasteiger charge is 2.26. The average Bonchev–Trinajstić information content (AvgIpc) is 2.74. The van der Waals surface area contributed by atoms with E-state index in [1.807, 2.05) is 54.2 Å². The molecule has 29 heavy (non-hydrogen) atoms. The summed E-state index contributed by atoms with van der Waals surface area (Å²) in [5.74, 6) is 1.28. The molecule has 1 amide bonds. The fraction of sp³-hybridized carbons (Fsp3) is 0.261. The van der Waals surface area contributed by atoms with Crippen LogP contribution >= 0.6 is 0 Å². The van der Waals surface area contributed by atoms with Gasteiger partial charge in [-0.2, -0.15) is 0 Å². The van der Waals surface area contributed by atoms with Crippen LogP contribution in [-0.4, -0.2) is 41.4 Å². The molecule has 6 heteroatoms. The maximum atomic E-state index is 13.1. The van der Waals surface area contributed by atoms with Gasteiger partial charge in [-0.05, 0) is 17.7 Å². The van der Waals surface area contributed by atoms with Crippen LogP contribution in [0.15, 0.2) is 54.6 Å². The Bertz CT molecular complexity index is 1020. The summed E-state index contributed by atoms with van der Waals surface area (Å²) in [4.78, 5) is 26.2. The topological polar surface area (TPSA) is 49.3 Å². The molecule has 0 N–H and O–H groups in total. The molecular formula is C23H23FN4O. The van der Waals surface area contributed by atoms with Crippen molar-refractivity contribution in [3.05, 3.63) is 77.2 Å². The lowest BCUT2D eigenvalue weighted by atomic mass is 10.0. The fourth-order valence-corrected chi connectivity index (χ4v) is 3.58. The molecule has 1 aliphatic rings. The van der Waals surface area contributed by atoms with Crippen LogP contribution in [0, 0.1) is 5.82 Å². The third kappa shape index (κ3) is 4.11. The predicted octanol–water partition coefficient (Wildman–Crippen LogP) is 3.48. The molecule has 4 rings (SSSR count). The van der Waals surface area contributed by atoms with Crippen molar-refractivity contribution in [3.8, 4) is 11.4 Å². The Morgan fingerprint density at radius 2 is 1.79 bits per heavy atom. The molecule has 148 valence electrons. The zero-order valence-corrected chi connectivity index (χ0v) is 16.6. The normalized spacial score (nSPS) is 13.1. The predicted molar refractivity (Wildman–Crippen MR) is 111 cm³/mol. The van der Waals surface area contributed by atoms with Gasteiger partial charge in [-0.25, -0.2) is 14.4 Å². The lowest BCUT2D eigenvalue weighted by molar-refractivity contribution is -0.131. The monoisotopic (exact) mass is 390 g/mol. The van der Waals surface area contributed by atoms with E-state index in [-0.39, 0.29) is 18.1 Å². The van der Waals surface area contributed by atoms with E-state index >= 15 is 0 Å². The Morgan fingerprint density at radius 3 is 2.48 bits per heavy atom. The summed E-state index contributed by atoms with van der Waals surface area (Å²) in [7, 11) is 3.91. The van der Waals surface area contributed by atoms with Crippen LogP contribution in [0.3, 0.4) is 0 Å². The van der Waals surface area contributed by atoms with Crippen LogP contribution in [-0.2, 0) is 24.2 Å². The number of fused-ring (bicyclic) bond motifs is 1. The largest absolute Gasteiger partial charge is 0.362 e. The van der Waals surface area contributed by atoms with E-state index < -0.39 is 0 Å². The fourth-order valence-electron chi connectivity index (χ4n) is 3.58. The molecule has 0 fully saturated rings. The van der Waals surface area contributed by atoms with Crippen LogP contribution in [0.2, 0.25) is 0 Å². The Kier molecular flexibility index (Phi) is 5.25. The van der Waals surface area contributed by atoms with E-state index in [2.05, 4.69) is 0 Å². The standard InChI is InChI=1S/C23H23FN4O/c1-27(2)23-19-15-28(21(29)14-16-8-10-18(24)11-9-16)13-12-20(19)25-22(26-23)17-6-4-3-5-7-17/h3-11H,12-15H2,1-2H3. The van der Waals surface area contributed by atoms with E-state index in [4.69, 9.17) is 9.97 Å². The minimum absolute atomic E-state index is 0.0269. The smallest absolute Gasteiger partial charge is 0.227 e. The van der Waals surface area contributed by atoms with Crippen LogP contribution < -0.4 is 4.90 Å². The maximum absolute atomic E-state index is 13.1. The first-order chi connectivity index (χ1) is 14.0. The number of rotatable bonds is 4. The molecule has 0 bridgehead atoms. The Balaban J connectivity index is 1.60. The van der Waals surface area contributed by atoms with Gasteiger partial charge in [0.1, 0.15) is 11.6 Å². The number of anilines is 1. The molecule has 0 saturated carbocycles. The van der Waals surface area contributed by atoms with Crippen molar-refractivity contribution in [2.75, 3.05) is 25.5 Å². The average molecular weight is 390 g/mol. The molecule has 3 aromatic rings. The Hall–Kier alpha value is -3.28. The highest BCUT2D eigenvalue weighted by molar-refractivity contribution is 5.79. The number of nitrogens with zero attached hydrogens (tertiary/aromatic N) is 4. The summed E-state index contributed by atoms with van der Waals surface area (Å²) in [6.07, 6.45) is 0.948. The SMILES string of the molecule is CN(C)c1nc(-c2ccccc2)nc2c1CN(C(=O)Cc1ccc(F)cc1)CC2. The molecule has 0 atom stereocenters. The summed E-state index contributed by atoms with van der Waals surface area (Å²) in [6.45, 7) is 1.10. The first-order valence-corrected chi connectivity index (χ1v) is 9.66. The van der Waals surface area contributed by atoms with Crippen LogP contribution in [0.25, 0.3) is 11.4 Å². The Morgan fingerprint density at radius 1 is 1.07 bits per heavy atom. The molecule has 0 spiro atoms. The number of carbonyl (C=O) groups excluding carboxylic acids is 1. The minimum Gasteiger partial charge on any atom is -0.362 e. The summed E-state index contributed by atoms with van der Waals surface area (Å²) in [5.41, 5.74) is 3.78. The third-order valence-electron chi connectivity index (χ3n) is 5.12. The van der Waals surface area contributed by atoms with Crippen molar-refractivity contribution in [2.45, 2.75) is 19.4 Å². The maximum Gasteiger partial charge on any atom is 0.227 e. The van der Waals surface area contributed by atoms with Crippen molar-refractivity contribution in [1.29, 1.82) is 0 Å². The molecule has 2 heterocycles. The van der Waals surface area contributed by atoms with Gasteiger partial charge in [-0.1, -0.05) is 42.5 Å². The molecule has 0 aliphatic carbocycles. The van der Waals surface area contributed by atoms with E-state index in [9.17, 15) is 9.18 Å². The number of hydrogen-bond acceptors (Lipinski definition) is 4. The second-order valence-corrected chi connectivity index (χ2v) is 7.43. The van der Waals surface area contributed by atoms with Crippen molar-refractivity contribution in [1.82, 2.24) is 14.9 Å². The number of amides is 1. The summed E-state index contributed by atoms with van der Waals surface area (Å²) < 4.78 is 13.1. The summed E-state index contributed by atoms with van der Waals surface area (Å²) in [5, 5.41) is 0. The van der Waals surface area contributed by atoms with Gasteiger partial charge in [0, 0.05) is 38.2 Å². The van der Waals surface area contributed by atoms with Crippen LogP contribution in [0.4, 0.5) is 10.2 Å². The quantitative estimate of drug-likeness (QED) is 0.684. The molecule has 0 unspecified atom stereocenters. The van der Waals surface area contributed by atoms with Gasteiger partial charge in [0.15, 0.2) is 5.82 Å². The van der Waals surface area contributed by atoms with E-state index in [0.717, 1.165) is 28.2 Å². The highest BCUT2D eigenvalue weighted by atomic mass is 19.1. The van der Waals surface area contributed by atoms with Crippen LogP contribution in [0.1, 0.15) is 16.8 Å². The molecule has 0 radical (unpaired) electrons. The van der Waals surface area contributed by atoms with Gasteiger partial charge in [-0.15, -0.1) is 0 Å². The minimum atomic E-state index is -0.296. The first kappa shape index (κ1) is 19.1. The van der Waals surface area contributed by atoms with Crippen LogP contribution in [0.5, 0.6) is 0 Å². The first-order valence-electron chi connectivity index (χ1n) is 9.66. The molecule has 2 aromatic carbocycles. The van der Waals surface area contributed by atoms with E-state index in [0.29, 0.717) is 25.3 Å². The number of aromatic nitrogens is 2. The highest BCUT2D eigenvalue weighted by Crippen LogP contribution is 2.29. The van der Waals surface area contributed by atoms with Gasteiger partial charge in [0.2, 0.25) is 5.91 Å². The molecule has 5 nitrogen and oxygen atoms in total. The molecule has 1 aromatic heterocycles. The number of hydrogen-bond donors (Lipinski definition) is 0. The lowest BCUT2D eigenvalue weighted by Crippen LogP contribution is -2.38. The van der Waals surface area contributed by atoms with Crippen molar-refractivity contribution < 1.29 is 9.18 Å². The van der Waals surface area contributed by atoms with Gasteiger partial charge in [0.05, 0.1) is 18.7 Å². The van der Waals surface area contributed by atoms with Gasteiger partial charge in [-0.3, -0.25) is 4.79 Å². The van der Waals surface area contributed by atoms with Gasteiger partial charge in [0.25, 0.3) is 0 Å². The second kappa shape index (κ2) is 7.99. The number of benzene rings is 2. The number of carbonyl (C=O) groups is 1. The van der Waals surface area contributed by atoms with E-state index in [1.54, 1.807) is 12.1 Å². The Labute approximate surface area is 169 Å². The second-order valence-electron chi connectivity index (χ2n) is 7.43.